The molecular weight excluding hydrogens is 544 g/mol. The summed E-state index contributed by atoms with van der Waals surface area (Å²) in [6.45, 7) is 1.83. The number of hydrogen-bond donors (Lipinski definition) is 4. The van der Waals surface area contributed by atoms with E-state index in [4.69, 9.17) is 10.5 Å². The SMILES string of the molecule is COC(=O)/C(=N\NC(N)=O)C(C(=O)C(=O)Nc1ccc(C)cc1)c1nc2ccc(C(=O)c3ccccc3)cc2[nH]c1=O. The van der Waals surface area contributed by atoms with Crippen molar-refractivity contribution in [2.45, 2.75) is 12.8 Å². The number of benzene rings is 3. The van der Waals surface area contributed by atoms with Gasteiger partial charge in [0, 0.05) is 16.8 Å². The summed E-state index contributed by atoms with van der Waals surface area (Å²) < 4.78 is 4.70. The Morgan fingerprint density at radius 3 is 2.29 bits per heavy atom. The first-order valence-corrected chi connectivity index (χ1v) is 12.4. The zero-order valence-electron chi connectivity index (χ0n) is 22.3. The van der Waals surface area contributed by atoms with E-state index in [0.717, 1.165) is 12.7 Å². The highest BCUT2D eigenvalue weighted by Crippen LogP contribution is 2.21. The number of methoxy groups -OCH3 is 1. The smallest absolute Gasteiger partial charge is 0.355 e. The van der Waals surface area contributed by atoms with Gasteiger partial charge in [0.1, 0.15) is 11.6 Å². The van der Waals surface area contributed by atoms with Crippen LogP contribution in [0.4, 0.5) is 10.5 Å². The van der Waals surface area contributed by atoms with Gasteiger partial charge in [-0.15, -0.1) is 0 Å². The number of hydrogen-bond acceptors (Lipinski definition) is 9. The second kappa shape index (κ2) is 12.5. The number of ether oxygens (including phenoxy) is 1. The number of Topliss-reactive ketones (excluding diaryl/α,β-unsaturated/α-hetero) is 1. The number of nitrogens with zero attached hydrogens (tertiary/aromatic N) is 2. The van der Waals surface area contributed by atoms with Gasteiger partial charge in [-0.3, -0.25) is 19.2 Å². The van der Waals surface area contributed by atoms with Crippen LogP contribution in [0.15, 0.2) is 82.7 Å². The number of ketones is 2. The Bertz CT molecular complexity index is 1800. The van der Waals surface area contributed by atoms with Gasteiger partial charge in [-0.2, -0.15) is 5.10 Å². The highest BCUT2D eigenvalue weighted by molar-refractivity contribution is 6.53. The van der Waals surface area contributed by atoms with Crippen LogP contribution in [-0.4, -0.2) is 52.3 Å². The lowest BCUT2D eigenvalue weighted by atomic mass is 9.93. The minimum absolute atomic E-state index is 0.123. The van der Waals surface area contributed by atoms with Gasteiger partial charge < -0.3 is 20.8 Å². The van der Waals surface area contributed by atoms with Crippen LogP contribution >= 0.6 is 0 Å². The molecule has 1 aromatic heterocycles. The maximum Gasteiger partial charge on any atom is 0.355 e. The van der Waals surface area contributed by atoms with E-state index in [9.17, 15) is 28.8 Å². The van der Waals surface area contributed by atoms with Crippen molar-refractivity contribution in [2.75, 3.05) is 12.4 Å². The second-order valence-electron chi connectivity index (χ2n) is 8.96. The number of aryl methyl sites for hydroxylation is 1. The fourth-order valence-corrected chi connectivity index (χ4v) is 3.98. The molecule has 13 nitrogen and oxygen atoms in total. The van der Waals surface area contributed by atoms with Gasteiger partial charge in [0.15, 0.2) is 11.5 Å². The van der Waals surface area contributed by atoms with Crippen molar-refractivity contribution in [3.8, 4) is 0 Å². The maximum absolute atomic E-state index is 13.5. The molecule has 0 spiro atoms. The van der Waals surface area contributed by atoms with Gasteiger partial charge in [0.25, 0.3) is 11.5 Å². The fourth-order valence-electron chi connectivity index (χ4n) is 3.98. The number of hydrazone groups is 1. The van der Waals surface area contributed by atoms with E-state index in [2.05, 4.69) is 20.4 Å². The Balaban J connectivity index is 1.81. The minimum atomic E-state index is -2.02. The van der Waals surface area contributed by atoms with E-state index in [-0.39, 0.29) is 28.1 Å². The van der Waals surface area contributed by atoms with E-state index in [1.54, 1.807) is 54.6 Å². The first-order valence-electron chi connectivity index (χ1n) is 12.4. The van der Waals surface area contributed by atoms with Crippen LogP contribution in [0.3, 0.4) is 0 Å². The average molecular weight is 569 g/mol. The first kappa shape index (κ1) is 29.0. The summed E-state index contributed by atoms with van der Waals surface area (Å²) in [5.74, 6) is -6.08. The third-order valence-corrected chi connectivity index (χ3v) is 6.04. The van der Waals surface area contributed by atoms with Crippen LogP contribution in [0, 0.1) is 6.92 Å². The summed E-state index contributed by atoms with van der Waals surface area (Å²) in [7, 11) is 0.972. The molecule has 0 aliphatic carbocycles. The van der Waals surface area contributed by atoms with Crippen molar-refractivity contribution in [3.05, 3.63) is 106 Å². The third-order valence-electron chi connectivity index (χ3n) is 6.04. The second-order valence-corrected chi connectivity index (χ2v) is 8.96. The molecule has 212 valence electrons. The van der Waals surface area contributed by atoms with Crippen molar-refractivity contribution in [2.24, 2.45) is 10.8 Å². The number of aromatic amines is 1. The van der Waals surface area contributed by atoms with Gasteiger partial charge in [-0.05, 0) is 37.3 Å². The highest BCUT2D eigenvalue weighted by atomic mass is 16.5. The van der Waals surface area contributed by atoms with Crippen LogP contribution in [0.1, 0.15) is 33.1 Å². The number of carbonyl (C=O) groups excluding carboxylic acids is 5. The van der Waals surface area contributed by atoms with Crippen LogP contribution < -0.4 is 22.0 Å². The molecule has 0 aliphatic heterocycles. The number of nitrogens with one attached hydrogen (secondary N) is 3. The fraction of sp³-hybridized carbons (Fsp3) is 0.103. The lowest BCUT2D eigenvalue weighted by molar-refractivity contribution is -0.136. The molecule has 0 saturated heterocycles. The Morgan fingerprint density at radius 1 is 0.952 bits per heavy atom. The Morgan fingerprint density at radius 2 is 1.64 bits per heavy atom. The molecular formula is C29H24N6O7. The predicted octanol–water partition coefficient (Wildman–Crippen LogP) is 1.95. The van der Waals surface area contributed by atoms with Gasteiger partial charge >= 0.3 is 12.0 Å². The quantitative estimate of drug-likeness (QED) is 0.0770. The molecule has 5 N–H and O–H groups in total. The molecule has 0 fully saturated rings. The van der Waals surface area contributed by atoms with Crippen LogP contribution in [0.25, 0.3) is 11.0 Å². The van der Waals surface area contributed by atoms with Crippen LogP contribution in [0.2, 0.25) is 0 Å². The topological polar surface area (TPSA) is 203 Å². The molecule has 0 aliphatic rings. The summed E-state index contributed by atoms with van der Waals surface area (Å²) in [4.78, 5) is 83.6. The van der Waals surface area contributed by atoms with Crippen molar-refractivity contribution in [1.82, 2.24) is 15.4 Å². The number of primary amides is 1. The van der Waals surface area contributed by atoms with Crippen molar-refractivity contribution >= 4 is 51.9 Å². The lowest BCUT2D eigenvalue weighted by Gasteiger charge is -2.16. The van der Waals surface area contributed by atoms with E-state index in [1.165, 1.54) is 18.2 Å². The first-order chi connectivity index (χ1) is 20.1. The number of fused-ring (bicyclic) bond motifs is 1. The monoisotopic (exact) mass is 568 g/mol. The molecule has 0 saturated carbocycles. The number of H-pyrrole nitrogens is 1. The highest BCUT2D eigenvalue weighted by Gasteiger charge is 2.39. The molecule has 1 atom stereocenters. The van der Waals surface area contributed by atoms with E-state index >= 15 is 0 Å². The molecule has 4 aromatic rings. The summed E-state index contributed by atoms with van der Waals surface area (Å²) in [5.41, 5.74) is 6.62. The Kier molecular flexibility index (Phi) is 8.61. The molecule has 1 unspecified atom stereocenters. The van der Waals surface area contributed by atoms with E-state index in [1.807, 2.05) is 12.3 Å². The van der Waals surface area contributed by atoms with Crippen LogP contribution in [-0.2, 0) is 19.1 Å². The predicted molar refractivity (Wildman–Crippen MR) is 152 cm³/mol. The standard InChI is InChI=1S/C29H24N6O7/c1-15-8-11-18(12-9-15)31-27(39)25(37)21(23(28(40)42-2)34-35-29(30)41)22-26(38)33-20-14-17(10-13-19(20)32-22)24(36)16-6-4-3-5-7-16/h3-14,21H,1-2H3,(H,31,39)(H,33,38)(H3,30,35,41)/b34-23-. The number of esters is 1. The molecule has 42 heavy (non-hydrogen) atoms. The largest absolute Gasteiger partial charge is 0.464 e. The van der Waals surface area contributed by atoms with Crippen molar-refractivity contribution in [1.29, 1.82) is 0 Å². The minimum Gasteiger partial charge on any atom is -0.464 e. The summed E-state index contributed by atoms with van der Waals surface area (Å²) in [6, 6.07) is 18.1. The number of amides is 3. The van der Waals surface area contributed by atoms with Gasteiger partial charge in [0.05, 0.1) is 18.1 Å². The van der Waals surface area contributed by atoms with E-state index < -0.39 is 46.6 Å². The zero-order chi connectivity index (χ0) is 30.4. The van der Waals surface area contributed by atoms with Crippen LogP contribution in [0.5, 0.6) is 0 Å². The molecule has 0 radical (unpaired) electrons. The molecule has 3 aromatic carbocycles. The Labute approximate surface area is 237 Å². The normalized spacial score (nSPS) is 11.8. The van der Waals surface area contributed by atoms with E-state index in [0.29, 0.717) is 5.56 Å². The number of nitrogens with two attached hydrogens (primary N) is 1. The lowest BCUT2D eigenvalue weighted by Crippen LogP contribution is -2.41. The zero-order valence-corrected chi connectivity index (χ0v) is 22.3. The molecule has 3 amide bonds. The van der Waals surface area contributed by atoms with Crippen molar-refractivity contribution < 1.29 is 28.7 Å². The molecule has 0 bridgehead atoms. The number of rotatable bonds is 9. The van der Waals surface area contributed by atoms with Gasteiger partial charge in [0.2, 0.25) is 5.78 Å². The summed E-state index contributed by atoms with van der Waals surface area (Å²) in [5, 5.41) is 5.97. The molecule has 4 rings (SSSR count). The third kappa shape index (κ3) is 6.42. The molecule has 13 heteroatoms. The Hall–Kier alpha value is -5.98. The summed E-state index contributed by atoms with van der Waals surface area (Å²) >= 11 is 0. The van der Waals surface area contributed by atoms with Crippen molar-refractivity contribution in [3.63, 3.8) is 0 Å². The number of urea groups is 1. The van der Waals surface area contributed by atoms with Gasteiger partial charge in [-0.1, -0.05) is 48.0 Å². The summed E-state index contributed by atoms with van der Waals surface area (Å²) in [6.07, 6.45) is 0. The number of anilines is 1. The number of carbonyl (C=O) groups is 5. The average Bonchev–Trinajstić information content (AvgIpc) is 2.99. The van der Waals surface area contributed by atoms with Gasteiger partial charge in [-0.25, -0.2) is 20.0 Å². The number of aromatic nitrogens is 2. The molecule has 1 heterocycles. The maximum atomic E-state index is 13.5.